The van der Waals surface area contributed by atoms with Gasteiger partial charge in [0.2, 0.25) is 0 Å². The van der Waals surface area contributed by atoms with Crippen molar-refractivity contribution in [1.29, 1.82) is 0 Å². The fourth-order valence-corrected chi connectivity index (χ4v) is 11.5. The van der Waals surface area contributed by atoms with Crippen molar-refractivity contribution in [3.05, 3.63) is 204 Å². The summed E-state index contributed by atoms with van der Waals surface area (Å²) in [5, 5.41) is 2.21. The molecule has 0 fully saturated rings. The number of fused-ring (bicyclic) bond motifs is 12. The number of hydrogen-bond acceptors (Lipinski definition) is 10. The van der Waals surface area contributed by atoms with Gasteiger partial charge in [-0.05, 0) is 125 Å². The first-order chi connectivity index (χ1) is 36.6. The number of aromatic nitrogens is 4. The molecule has 4 aromatic carbocycles. The number of rotatable bonds is 4. The Morgan fingerprint density at radius 3 is 0.776 bits per heavy atom. The monoisotopic (exact) mass is 1080 g/mol. The SMILES string of the molecule is Cc1ccc2oc(=O)c(-c3c4nc(c(-c5c(Cl)c6cc(C)ccc6oc5=O)c5ccc([nH]5)c(-c5c(Cl)c6cc(C)ccc6oc5=O)c5nc(c(-c6c(Cl)c7cc(C)ccc7oc6=O)c6ccc3[nH]6)C=C5)C=C4)c(Cl)c2c1. The molecule has 7 aromatic heterocycles. The average Bonchev–Trinajstić information content (AvgIpc) is 4.33. The van der Waals surface area contributed by atoms with Crippen molar-refractivity contribution in [3.63, 3.8) is 0 Å². The molecular formula is C60H34Cl4N4O8. The van der Waals surface area contributed by atoms with Gasteiger partial charge >= 0.3 is 22.5 Å². The minimum atomic E-state index is -0.770. The maximum Gasteiger partial charge on any atom is 0.345 e. The molecule has 9 heterocycles. The summed E-state index contributed by atoms with van der Waals surface area (Å²) in [6.07, 6.45) is 6.71. The normalized spacial score (nSPS) is 12.3. The highest BCUT2D eigenvalue weighted by molar-refractivity contribution is 6.40. The molecule has 0 amide bonds. The van der Waals surface area contributed by atoms with Crippen LogP contribution in [-0.2, 0) is 0 Å². The summed E-state index contributed by atoms with van der Waals surface area (Å²) in [7, 11) is 0. The maximum absolute atomic E-state index is 14.5. The van der Waals surface area contributed by atoms with E-state index in [1.165, 1.54) is 0 Å². The Kier molecular flexibility index (Phi) is 10.9. The van der Waals surface area contributed by atoms with Gasteiger partial charge in [0.15, 0.2) is 0 Å². The molecule has 2 aliphatic heterocycles. The van der Waals surface area contributed by atoms with Gasteiger partial charge in [0.05, 0.1) is 65.1 Å². The Labute approximate surface area is 447 Å². The molecule has 0 saturated heterocycles. The summed E-state index contributed by atoms with van der Waals surface area (Å²) in [6.45, 7) is 7.57. The van der Waals surface area contributed by atoms with Gasteiger partial charge in [0, 0.05) is 65.9 Å². The lowest BCUT2D eigenvalue weighted by molar-refractivity contribution is 0.563. The van der Waals surface area contributed by atoms with Crippen molar-refractivity contribution in [2.24, 2.45) is 0 Å². The van der Waals surface area contributed by atoms with Crippen LogP contribution < -0.4 is 22.5 Å². The van der Waals surface area contributed by atoms with E-state index in [-0.39, 0.29) is 110 Å². The lowest BCUT2D eigenvalue weighted by Gasteiger charge is -2.10. The second-order valence-corrected chi connectivity index (χ2v) is 20.3. The predicted octanol–water partition coefficient (Wildman–Crippen LogP) is 15.6. The quantitative estimate of drug-likeness (QED) is 0.161. The molecule has 2 aliphatic rings. The number of hydrogen-bond donors (Lipinski definition) is 2. The van der Waals surface area contributed by atoms with Crippen molar-refractivity contribution >= 4 is 137 Å². The van der Waals surface area contributed by atoms with Crippen LogP contribution in [0.2, 0.25) is 20.1 Å². The Morgan fingerprint density at radius 1 is 0.329 bits per heavy atom. The van der Waals surface area contributed by atoms with Crippen molar-refractivity contribution in [2.45, 2.75) is 27.7 Å². The first kappa shape index (κ1) is 47.2. The summed E-state index contributed by atoms with van der Waals surface area (Å²) in [5.74, 6) is 0. The van der Waals surface area contributed by atoms with E-state index >= 15 is 0 Å². The van der Waals surface area contributed by atoms with Gasteiger partial charge in [-0.1, -0.05) is 92.9 Å². The molecule has 12 nitrogen and oxygen atoms in total. The van der Waals surface area contributed by atoms with Gasteiger partial charge in [-0.3, -0.25) is 0 Å². The molecule has 0 radical (unpaired) electrons. The number of benzene rings is 4. The van der Waals surface area contributed by atoms with Gasteiger partial charge in [0.25, 0.3) is 0 Å². The Bertz CT molecular complexity index is 4370. The van der Waals surface area contributed by atoms with Crippen LogP contribution in [0.1, 0.15) is 45.0 Å². The standard InChI is InChI=1S/C60H34Cl4N4O8/c1-25-5-17-41-29(21-25)53(61)49(57(69)73-41)45-33-9-11-35(65-33)46(50-54(62)30-22-26(2)6-18-42(30)74-58(50)70)37-13-15-39(67-37)48(52-56(64)32-24-28(4)8-20-44(32)76-60(52)72)40-16-14-38(68-40)47(36-12-10-34(45)66-36)51-55(63)31-23-27(3)7-19-43(31)75-59(51)71/h5-24,65,68H,1-4H3. The van der Waals surface area contributed by atoms with Gasteiger partial charge in [-0.2, -0.15) is 0 Å². The van der Waals surface area contributed by atoms with Crippen molar-refractivity contribution in [1.82, 2.24) is 19.9 Å². The third kappa shape index (κ3) is 7.43. The molecule has 76 heavy (non-hydrogen) atoms. The van der Waals surface area contributed by atoms with Crippen molar-refractivity contribution in [2.75, 3.05) is 0 Å². The maximum atomic E-state index is 14.5. The van der Waals surface area contributed by atoms with Crippen LogP contribution in [-0.4, -0.2) is 19.9 Å². The van der Waals surface area contributed by atoms with Gasteiger partial charge in [-0.25, -0.2) is 29.1 Å². The van der Waals surface area contributed by atoms with Crippen LogP contribution in [0, 0.1) is 27.7 Å². The summed E-state index contributed by atoms with van der Waals surface area (Å²) in [4.78, 5) is 75.4. The first-order valence-corrected chi connectivity index (χ1v) is 25.2. The molecule has 0 unspecified atom stereocenters. The van der Waals surface area contributed by atoms with E-state index in [9.17, 15) is 19.2 Å². The molecule has 0 saturated carbocycles. The van der Waals surface area contributed by atoms with Gasteiger partial charge in [0.1, 0.15) is 22.3 Å². The van der Waals surface area contributed by atoms with Crippen LogP contribution in [0.5, 0.6) is 0 Å². The van der Waals surface area contributed by atoms with E-state index in [0.29, 0.717) is 43.6 Å². The highest BCUT2D eigenvalue weighted by Crippen LogP contribution is 2.44. The Balaban J connectivity index is 1.26. The average molecular weight is 1080 g/mol. The molecule has 0 atom stereocenters. The fraction of sp³-hybridized carbons (Fsp3) is 0.0667. The van der Waals surface area contributed by atoms with Crippen LogP contribution in [0.15, 0.2) is 134 Å². The van der Waals surface area contributed by atoms with E-state index in [1.807, 2.05) is 76.2 Å². The molecule has 8 bridgehead atoms. The summed E-state index contributed by atoms with van der Waals surface area (Å²) in [6, 6.07) is 28.0. The zero-order valence-corrected chi connectivity index (χ0v) is 43.2. The molecule has 11 aromatic rings. The molecule has 0 spiro atoms. The predicted molar refractivity (Wildman–Crippen MR) is 304 cm³/mol. The number of nitrogens with one attached hydrogen (secondary N) is 2. The van der Waals surface area contributed by atoms with Crippen LogP contribution in [0.25, 0.3) is 135 Å². The highest BCUT2D eigenvalue weighted by atomic mass is 35.5. The highest BCUT2D eigenvalue weighted by Gasteiger charge is 2.28. The van der Waals surface area contributed by atoms with E-state index < -0.39 is 22.5 Å². The zero-order valence-electron chi connectivity index (χ0n) is 40.2. The summed E-state index contributed by atoms with van der Waals surface area (Å²) < 4.78 is 23.9. The lowest BCUT2D eigenvalue weighted by atomic mass is 10.0. The third-order valence-electron chi connectivity index (χ3n) is 13.7. The van der Waals surface area contributed by atoms with E-state index in [2.05, 4.69) is 9.97 Å². The fourth-order valence-electron chi connectivity index (χ4n) is 10.2. The van der Waals surface area contributed by atoms with Crippen molar-refractivity contribution < 1.29 is 17.7 Å². The van der Waals surface area contributed by atoms with E-state index in [1.54, 1.807) is 72.8 Å². The largest absolute Gasteiger partial charge is 0.422 e. The minimum absolute atomic E-state index is 0.0316. The summed E-state index contributed by atoms with van der Waals surface area (Å²) >= 11 is 29.4. The van der Waals surface area contributed by atoms with Crippen LogP contribution in [0.4, 0.5) is 0 Å². The summed E-state index contributed by atoms with van der Waals surface area (Å²) in [5.41, 5.74) is 4.22. The van der Waals surface area contributed by atoms with Crippen molar-refractivity contribution in [3.8, 4) is 44.5 Å². The number of H-pyrrole nitrogens is 2. The first-order valence-electron chi connectivity index (χ1n) is 23.7. The molecule has 0 aliphatic carbocycles. The number of nitrogens with zero attached hydrogens (tertiary/aromatic N) is 2. The topological polar surface area (TPSA) is 178 Å². The van der Waals surface area contributed by atoms with E-state index in [4.69, 9.17) is 74.0 Å². The molecule has 13 rings (SSSR count). The number of halogens is 4. The van der Waals surface area contributed by atoms with Gasteiger partial charge in [-0.15, -0.1) is 0 Å². The molecule has 16 heteroatoms. The third-order valence-corrected chi connectivity index (χ3v) is 15.3. The Hall–Kier alpha value is -8.52. The number of aryl methyl sites for hydroxylation is 4. The molecular weight excluding hydrogens is 1050 g/mol. The Morgan fingerprint density at radius 2 is 0.553 bits per heavy atom. The second-order valence-electron chi connectivity index (χ2n) is 18.8. The number of aromatic amines is 2. The zero-order chi connectivity index (χ0) is 52.6. The lowest BCUT2D eigenvalue weighted by Crippen LogP contribution is -2.07. The second kappa shape index (κ2) is 17.5. The minimum Gasteiger partial charge on any atom is -0.422 e. The smallest absolute Gasteiger partial charge is 0.345 e. The van der Waals surface area contributed by atoms with Gasteiger partial charge < -0.3 is 27.6 Å². The molecule has 370 valence electrons. The van der Waals surface area contributed by atoms with Crippen LogP contribution in [0.3, 0.4) is 0 Å². The van der Waals surface area contributed by atoms with E-state index in [0.717, 1.165) is 22.3 Å². The molecule has 2 N–H and O–H groups in total. The van der Waals surface area contributed by atoms with Crippen LogP contribution >= 0.6 is 46.4 Å².